The second-order valence-electron chi connectivity index (χ2n) is 6.03. The quantitative estimate of drug-likeness (QED) is 0.918. The molecular formula is C16H19NO2S. The zero-order valence-corrected chi connectivity index (χ0v) is 12.5. The molecule has 20 heavy (non-hydrogen) atoms. The number of rotatable bonds is 4. The Hall–Kier alpha value is -1.42. The smallest absolute Gasteiger partial charge is 0.303 e. The van der Waals surface area contributed by atoms with Crippen molar-refractivity contribution in [3.63, 3.8) is 0 Å². The second-order valence-corrected chi connectivity index (χ2v) is 7.15. The molecule has 3 nitrogen and oxygen atoms in total. The van der Waals surface area contributed by atoms with E-state index in [1.165, 1.54) is 10.3 Å². The summed E-state index contributed by atoms with van der Waals surface area (Å²) in [5.41, 5.74) is 2.22. The van der Waals surface area contributed by atoms with Crippen molar-refractivity contribution in [1.29, 1.82) is 0 Å². The average molecular weight is 289 g/mol. The lowest BCUT2D eigenvalue weighted by atomic mass is 9.80. The van der Waals surface area contributed by atoms with Crippen molar-refractivity contribution in [3.8, 4) is 0 Å². The molecule has 0 atom stereocenters. The molecule has 1 aromatic heterocycles. The molecule has 3 rings (SSSR count). The monoisotopic (exact) mass is 289 g/mol. The Balaban J connectivity index is 1.88. The number of nitrogens with zero attached hydrogens (tertiary/aromatic N) is 1. The van der Waals surface area contributed by atoms with Gasteiger partial charge in [0.1, 0.15) is 0 Å². The van der Waals surface area contributed by atoms with Gasteiger partial charge < -0.3 is 5.11 Å². The fraction of sp³-hybridized carbons (Fsp3) is 0.500. The zero-order chi connectivity index (χ0) is 14.2. The number of carboxylic acid groups (broad SMARTS) is 1. The number of aryl methyl sites for hydroxylation is 1. The molecule has 0 saturated heterocycles. The van der Waals surface area contributed by atoms with Crippen molar-refractivity contribution in [1.82, 2.24) is 4.98 Å². The predicted octanol–water partition coefficient (Wildman–Crippen LogP) is 4.18. The molecule has 4 heteroatoms. The average Bonchev–Trinajstić information content (AvgIpc) is 2.94. The molecule has 1 aromatic carbocycles. The Kier molecular flexibility index (Phi) is 3.50. The molecule has 106 valence electrons. The van der Waals surface area contributed by atoms with E-state index in [0.717, 1.165) is 42.6 Å². The summed E-state index contributed by atoms with van der Waals surface area (Å²) >= 11 is 1.72. The Labute approximate surface area is 122 Å². The maximum atomic E-state index is 11.2. The van der Waals surface area contributed by atoms with Gasteiger partial charge in [0.25, 0.3) is 0 Å². The van der Waals surface area contributed by atoms with Crippen molar-refractivity contribution < 1.29 is 9.90 Å². The summed E-state index contributed by atoms with van der Waals surface area (Å²) in [6.07, 6.45) is 5.44. The first kappa shape index (κ1) is 13.6. The third-order valence-electron chi connectivity index (χ3n) is 4.30. The number of aromatic nitrogens is 1. The van der Waals surface area contributed by atoms with E-state index < -0.39 is 5.97 Å². The molecule has 1 heterocycles. The highest BCUT2D eigenvalue weighted by Crippen LogP contribution is 2.44. The molecule has 0 bridgehead atoms. The van der Waals surface area contributed by atoms with E-state index in [0.29, 0.717) is 0 Å². The Morgan fingerprint density at radius 1 is 1.40 bits per heavy atom. The topological polar surface area (TPSA) is 50.2 Å². The van der Waals surface area contributed by atoms with Crippen LogP contribution in [-0.2, 0) is 11.2 Å². The normalized spacial score (nSPS) is 17.6. The van der Waals surface area contributed by atoms with Crippen LogP contribution in [0.2, 0.25) is 0 Å². The van der Waals surface area contributed by atoms with E-state index in [2.05, 4.69) is 25.1 Å². The highest BCUT2D eigenvalue weighted by Gasteiger charge is 2.37. The summed E-state index contributed by atoms with van der Waals surface area (Å²) in [6.45, 7) is 2.09. The maximum Gasteiger partial charge on any atom is 0.303 e. The number of hydrogen-bond acceptors (Lipinski definition) is 3. The number of carbonyl (C=O) groups is 1. The summed E-state index contributed by atoms with van der Waals surface area (Å²) in [7, 11) is 0. The molecule has 1 aliphatic carbocycles. The Morgan fingerprint density at radius 3 is 2.85 bits per heavy atom. The van der Waals surface area contributed by atoms with E-state index in [1.54, 1.807) is 11.3 Å². The van der Waals surface area contributed by atoms with Gasteiger partial charge in [-0.25, -0.2) is 4.98 Å². The lowest BCUT2D eigenvalue weighted by Crippen LogP contribution is -2.23. The van der Waals surface area contributed by atoms with Gasteiger partial charge in [0.2, 0.25) is 0 Å². The van der Waals surface area contributed by atoms with Crippen LogP contribution in [0.3, 0.4) is 0 Å². The first-order valence-electron chi connectivity index (χ1n) is 7.14. The highest BCUT2D eigenvalue weighted by molar-refractivity contribution is 7.18. The van der Waals surface area contributed by atoms with Gasteiger partial charge in [-0.15, -0.1) is 11.3 Å². The van der Waals surface area contributed by atoms with Crippen LogP contribution in [0.15, 0.2) is 18.2 Å². The van der Waals surface area contributed by atoms with Crippen molar-refractivity contribution in [2.75, 3.05) is 0 Å². The van der Waals surface area contributed by atoms with Crippen LogP contribution in [0.1, 0.15) is 42.7 Å². The van der Waals surface area contributed by atoms with E-state index in [4.69, 9.17) is 4.98 Å². The van der Waals surface area contributed by atoms with Crippen LogP contribution in [0.4, 0.5) is 0 Å². The van der Waals surface area contributed by atoms with Crippen molar-refractivity contribution in [2.24, 2.45) is 5.41 Å². The summed E-state index contributed by atoms with van der Waals surface area (Å²) in [4.78, 5) is 15.8. The molecule has 0 spiro atoms. The van der Waals surface area contributed by atoms with Crippen LogP contribution in [-0.4, -0.2) is 16.1 Å². The second kappa shape index (κ2) is 5.17. The fourth-order valence-electron chi connectivity index (χ4n) is 3.34. The number of aliphatic carboxylic acids is 1. The Morgan fingerprint density at radius 2 is 2.15 bits per heavy atom. The van der Waals surface area contributed by atoms with E-state index in [-0.39, 0.29) is 11.8 Å². The minimum Gasteiger partial charge on any atom is -0.481 e. The molecule has 0 radical (unpaired) electrons. The van der Waals surface area contributed by atoms with E-state index >= 15 is 0 Å². The standard InChI is InChI=1S/C16H19NO2S/c1-11-4-5-12-13(8-11)20-14(17-12)9-16(10-15(18)19)6-2-3-7-16/h4-5,8H,2-3,6-7,9-10H2,1H3,(H,18,19). The molecule has 1 aliphatic rings. The Bertz CT molecular complexity index is 641. The van der Waals surface area contributed by atoms with Crippen LogP contribution in [0, 0.1) is 12.3 Å². The summed E-state index contributed by atoms with van der Waals surface area (Å²) in [6, 6.07) is 6.30. The molecule has 1 saturated carbocycles. The molecule has 2 aromatic rings. The molecule has 1 fully saturated rings. The first-order valence-corrected chi connectivity index (χ1v) is 7.96. The summed E-state index contributed by atoms with van der Waals surface area (Å²) in [5.74, 6) is -0.677. The number of hydrogen-bond donors (Lipinski definition) is 1. The SMILES string of the molecule is Cc1ccc2nc(CC3(CC(=O)O)CCCC3)sc2c1. The van der Waals surface area contributed by atoms with Gasteiger partial charge in [-0.2, -0.15) is 0 Å². The van der Waals surface area contributed by atoms with Gasteiger partial charge in [-0.05, 0) is 42.9 Å². The van der Waals surface area contributed by atoms with Crippen LogP contribution in [0.25, 0.3) is 10.2 Å². The van der Waals surface area contributed by atoms with Crippen molar-refractivity contribution >= 4 is 27.5 Å². The maximum absolute atomic E-state index is 11.2. The summed E-state index contributed by atoms with van der Waals surface area (Å²) < 4.78 is 1.21. The molecule has 0 unspecified atom stereocenters. The lowest BCUT2D eigenvalue weighted by Gasteiger charge is -2.25. The van der Waals surface area contributed by atoms with Crippen LogP contribution < -0.4 is 0 Å². The summed E-state index contributed by atoms with van der Waals surface area (Å²) in [5, 5.41) is 10.3. The number of carboxylic acids is 1. The minimum absolute atomic E-state index is 0.0608. The van der Waals surface area contributed by atoms with E-state index in [1.807, 2.05) is 0 Å². The van der Waals surface area contributed by atoms with Gasteiger partial charge in [-0.1, -0.05) is 18.9 Å². The molecule has 0 amide bonds. The van der Waals surface area contributed by atoms with E-state index in [9.17, 15) is 9.90 Å². The molecule has 1 N–H and O–H groups in total. The molecule has 0 aliphatic heterocycles. The number of fused-ring (bicyclic) bond motifs is 1. The van der Waals surface area contributed by atoms with Gasteiger partial charge >= 0.3 is 5.97 Å². The van der Waals surface area contributed by atoms with Crippen LogP contribution in [0.5, 0.6) is 0 Å². The van der Waals surface area contributed by atoms with Gasteiger partial charge in [-0.3, -0.25) is 4.79 Å². The third kappa shape index (κ3) is 2.70. The van der Waals surface area contributed by atoms with Crippen molar-refractivity contribution in [3.05, 3.63) is 28.8 Å². The lowest BCUT2D eigenvalue weighted by molar-refractivity contribution is -0.139. The fourth-order valence-corrected chi connectivity index (χ4v) is 4.58. The van der Waals surface area contributed by atoms with Gasteiger partial charge in [0, 0.05) is 6.42 Å². The van der Waals surface area contributed by atoms with Gasteiger partial charge in [0.15, 0.2) is 0 Å². The minimum atomic E-state index is -0.677. The van der Waals surface area contributed by atoms with Crippen LogP contribution >= 0.6 is 11.3 Å². The largest absolute Gasteiger partial charge is 0.481 e. The zero-order valence-electron chi connectivity index (χ0n) is 11.7. The predicted molar refractivity (Wildman–Crippen MR) is 81.2 cm³/mol. The third-order valence-corrected chi connectivity index (χ3v) is 5.32. The molecular weight excluding hydrogens is 270 g/mol. The van der Waals surface area contributed by atoms with Gasteiger partial charge in [0.05, 0.1) is 21.6 Å². The number of thiazole rings is 1. The highest BCUT2D eigenvalue weighted by atomic mass is 32.1. The number of benzene rings is 1. The first-order chi connectivity index (χ1) is 9.56. The van der Waals surface area contributed by atoms with Crippen molar-refractivity contribution in [2.45, 2.75) is 45.4 Å².